The zero-order valence-electron chi connectivity index (χ0n) is 11.9. The first-order chi connectivity index (χ1) is 9.81. The summed E-state index contributed by atoms with van der Waals surface area (Å²) in [7, 11) is -4.13. The molecule has 1 aliphatic rings. The molecule has 0 spiro atoms. The number of anilines is 1. The van der Waals surface area contributed by atoms with Crippen molar-refractivity contribution in [3.8, 4) is 0 Å². The lowest BCUT2D eigenvalue weighted by atomic mass is 9.85. The number of sulfonamides is 1. The van der Waals surface area contributed by atoms with Crippen LogP contribution in [0.5, 0.6) is 0 Å². The van der Waals surface area contributed by atoms with Gasteiger partial charge in [0.25, 0.3) is 0 Å². The van der Waals surface area contributed by atoms with Crippen molar-refractivity contribution in [2.45, 2.75) is 50.0 Å². The molecule has 1 saturated carbocycles. The number of nitrogen functional groups attached to an aromatic ring is 1. The van der Waals surface area contributed by atoms with Gasteiger partial charge in [-0.05, 0) is 37.8 Å². The molecule has 1 aromatic carbocycles. The second-order valence-electron chi connectivity index (χ2n) is 5.62. The van der Waals surface area contributed by atoms with Crippen LogP contribution in [0.25, 0.3) is 0 Å². The van der Waals surface area contributed by atoms with Crippen LogP contribution in [0.4, 0.5) is 14.5 Å². The van der Waals surface area contributed by atoms with Gasteiger partial charge in [-0.3, -0.25) is 0 Å². The Balaban J connectivity index is 2.22. The molecule has 0 radical (unpaired) electrons. The second-order valence-corrected chi connectivity index (χ2v) is 7.31. The molecule has 1 aliphatic carbocycles. The largest absolute Gasteiger partial charge is 0.399 e. The molecule has 0 heterocycles. The maximum Gasteiger partial charge on any atom is 0.243 e. The Morgan fingerprint density at radius 1 is 1.24 bits per heavy atom. The maximum absolute atomic E-state index is 13.7. The Bertz CT molecular complexity index is 614. The van der Waals surface area contributed by atoms with Gasteiger partial charge in [0.05, 0.1) is 0 Å². The number of hydrogen-bond acceptors (Lipinski definition) is 3. The van der Waals surface area contributed by atoms with Crippen molar-refractivity contribution < 1.29 is 17.2 Å². The average Bonchev–Trinajstić information content (AvgIpc) is 2.43. The molecule has 21 heavy (non-hydrogen) atoms. The van der Waals surface area contributed by atoms with Crippen molar-refractivity contribution in [2.24, 2.45) is 5.92 Å². The van der Waals surface area contributed by atoms with Crippen molar-refractivity contribution in [1.29, 1.82) is 0 Å². The van der Waals surface area contributed by atoms with Crippen LogP contribution in [0.15, 0.2) is 17.0 Å². The van der Waals surface area contributed by atoms with Crippen molar-refractivity contribution in [3.63, 3.8) is 0 Å². The zero-order valence-corrected chi connectivity index (χ0v) is 12.7. The van der Waals surface area contributed by atoms with E-state index in [9.17, 15) is 17.2 Å². The Morgan fingerprint density at radius 2 is 1.86 bits per heavy atom. The standard InChI is InChI=1S/C14H20F2N2O2S/c1-9(10-5-3-2-4-6-10)18-21(19,20)13-8-11(17)7-12(15)14(13)16/h7-10,18H,2-6,17H2,1H3. The van der Waals surface area contributed by atoms with E-state index in [2.05, 4.69) is 4.72 Å². The van der Waals surface area contributed by atoms with Crippen LogP contribution in [0.1, 0.15) is 39.0 Å². The number of nitrogens with two attached hydrogens (primary N) is 1. The summed E-state index contributed by atoms with van der Waals surface area (Å²) in [6.45, 7) is 1.76. The van der Waals surface area contributed by atoms with Crippen LogP contribution in [0, 0.1) is 17.6 Å². The number of hydrogen-bond donors (Lipinski definition) is 2. The lowest BCUT2D eigenvalue weighted by molar-refractivity contribution is 0.302. The normalized spacial score (nSPS) is 18.6. The minimum atomic E-state index is -4.13. The van der Waals surface area contributed by atoms with Gasteiger partial charge in [-0.15, -0.1) is 0 Å². The van der Waals surface area contributed by atoms with E-state index in [-0.39, 0.29) is 17.6 Å². The average molecular weight is 318 g/mol. The van der Waals surface area contributed by atoms with Crippen LogP contribution >= 0.6 is 0 Å². The van der Waals surface area contributed by atoms with Gasteiger partial charge in [0.2, 0.25) is 10.0 Å². The van der Waals surface area contributed by atoms with Gasteiger partial charge >= 0.3 is 0 Å². The van der Waals surface area contributed by atoms with Crippen molar-refractivity contribution in [1.82, 2.24) is 4.72 Å². The summed E-state index contributed by atoms with van der Waals surface area (Å²) in [4.78, 5) is -0.734. The molecule has 0 aromatic heterocycles. The number of nitrogens with one attached hydrogen (secondary N) is 1. The van der Waals surface area contributed by atoms with Crippen molar-refractivity contribution in [3.05, 3.63) is 23.8 Å². The number of halogens is 2. The highest BCUT2D eigenvalue weighted by atomic mass is 32.2. The lowest BCUT2D eigenvalue weighted by Gasteiger charge is -2.28. The smallest absolute Gasteiger partial charge is 0.243 e. The molecule has 1 fully saturated rings. The SMILES string of the molecule is CC(NS(=O)(=O)c1cc(N)cc(F)c1F)C1CCCCC1. The third-order valence-corrected chi connectivity index (χ3v) is 5.56. The summed E-state index contributed by atoms with van der Waals surface area (Å²) in [6, 6.07) is 1.38. The molecule has 7 heteroatoms. The summed E-state index contributed by atoms with van der Waals surface area (Å²) in [6.07, 6.45) is 5.18. The van der Waals surface area contributed by atoms with E-state index < -0.39 is 26.6 Å². The van der Waals surface area contributed by atoms with Crippen LogP contribution in [0.2, 0.25) is 0 Å². The molecular weight excluding hydrogens is 298 g/mol. The van der Waals surface area contributed by atoms with Crippen LogP contribution in [-0.4, -0.2) is 14.5 Å². The van der Waals surface area contributed by atoms with Crippen molar-refractivity contribution >= 4 is 15.7 Å². The topological polar surface area (TPSA) is 72.2 Å². The van der Waals surface area contributed by atoms with Crippen molar-refractivity contribution in [2.75, 3.05) is 5.73 Å². The highest BCUT2D eigenvalue weighted by molar-refractivity contribution is 7.89. The molecule has 0 aliphatic heterocycles. The fourth-order valence-electron chi connectivity index (χ4n) is 2.82. The van der Waals surface area contributed by atoms with E-state index in [0.29, 0.717) is 0 Å². The first-order valence-corrected chi connectivity index (χ1v) is 8.56. The quantitative estimate of drug-likeness (QED) is 0.839. The summed E-state index contributed by atoms with van der Waals surface area (Å²) in [5.74, 6) is -2.43. The third-order valence-electron chi connectivity index (χ3n) is 4.00. The summed E-state index contributed by atoms with van der Waals surface area (Å²) >= 11 is 0. The molecule has 0 bridgehead atoms. The van der Waals surface area contributed by atoms with Gasteiger partial charge < -0.3 is 5.73 Å². The Kier molecular flexibility index (Phi) is 4.83. The third kappa shape index (κ3) is 3.71. The van der Waals surface area contributed by atoms with E-state index in [1.165, 1.54) is 0 Å². The predicted molar refractivity (Wildman–Crippen MR) is 77.1 cm³/mol. The molecule has 0 saturated heterocycles. The summed E-state index contributed by atoms with van der Waals surface area (Å²) < 4.78 is 54.0. The first-order valence-electron chi connectivity index (χ1n) is 7.08. The van der Waals surface area contributed by atoms with Gasteiger partial charge in [-0.2, -0.15) is 0 Å². The Hall–Kier alpha value is -1.21. The molecule has 2 rings (SSSR count). The minimum absolute atomic E-state index is 0.125. The number of rotatable bonds is 4. The Labute approximate surface area is 123 Å². The fraction of sp³-hybridized carbons (Fsp3) is 0.571. The van der Waals surface area contributed by atoms with Crippen LogP contribution < -0.4 is 10.5 Å². The van der Waals surface area contributed by atoms with E-state index in [4.69, 9.17) is 5.73 Å². The highest BCUT2D eigenvalue weighted by Gasteiger charge is 2.28. The second kappa shape index (κ2) is 6.27. The molecule has 1 aromatic rings. The maximum atomic E-state index is 13.7. The molecule has 118 valence electrons. The van der Waals surface area contributed by atoms with Gasteiger partial charge in [-0.25, -0.2) is 21.9 Å². The monoisotopic (exact) mass is 318 g/mol. The van der Waals surface area contributed by atoms with Gasteiger partial charge in [0.15, 0.2) is 11.6 Å². The van der Waals surface area contributed by atoms with Gasteiger partial charge in [-0.1, -0.05) is 19.3 Å². The molecule has 4 nitrogen and oxygen atoms in total. The minimum Gasteiger partial charge on any atom is -0.399 e. The summed E-state index contributed by atoms with van der Waals surface area (Å²) in [5, 5.41) is 0. The molecule has 0 amide bonds. The molecule has 1 unspecified atom stereocenters. The van der Waals surface area contributed by atoms with Crippen LogP contribution in [-0.2, 0) is 10.0 Å². The van der Waals surface area contributed by atoms with E-state index in [0.717, 1.165) is 44.2 Å². The van der Waals surface area contributed by atoms with Crippen LogP contribution in [0.3, 0.4) is 0 Å². The highest BCUT2D eigenvalue weighted by Crippen LogP contribution is 2.28. The Morgan fingerprint density at radius 3 is 2.48 bits per heavy atom. The van der Waals surface area contributed by atoms with E-state index in [1.54, 1.807) is 6.92 Å². The first kappa shape index (κ1) is 16.2. The predicted octanol–water partition coefficient (Wildman–Crippen LogP) is 2.79. The van der Waals surface area contributed by atoms with E-state index in [1.807, 2.05) is 0 Å². The molecule has 3 N–H and O–H groups in total. The van der Waals surface area contributed by atoms with Gasteiger partial charge in [0, 0.05) is 11.7 Å². The lowest BCUT2D eigenvalue weighted by Crippen LogP contribution is -2.39. The summed E-state index contributed by atoms with van der Waals surface area (Å²) in [5.41, 5.74) is 5.27. The molecule has 1 atom stereocenters. The molecular formula is C14H20F2N2O2S. The fourth-order valence-corrected chi connectivity index (χ4v) is 4.25. The zero-order chi connectivity index (χ0) is 15.6. The number of benzene rings is 1. The van der Waals surface area contributed by atoms with Gasteiger partial charge in [0.1, 0.15) is 4.90 Å². The van der Waals surface area contributed by atoms with E-state index >= 15 is 0 Å².